The van der Waals surface area contributed by atoms with Crippen LogP contribution in [0, 0.1) is 11.8 Å². The Hall–Kier alpha value is -2.49. The molecule has 3 aliphatic heterocycles. The number of aliphatic hydroxyl groups excluding tert-OH is 1. The Labute approximate surface area is 172 Å². The van der Waals surface area contributed by atoms with E-state index in [1.54, 1.807) is 0 Å². The Morgan fingerprint density at radius 3 is 2.72 bits per heavy atom. The third kappa shape index (κ3) is 3.19. The van der Waals surface area contributed by atoms with E-state index in [1.807, 2.05) is 30.5 Å². The summed E-state index contributed by atoms with van der Waals surface area (Å²) in [5.74, 6) is 1.18. The second-order valence-corrected chi connectivity index (χ2v) is 8.88. The van der Waals surface area contributed by atoms with Crippen molar-refractivity contribution < 1.29 is 9.59 Å². The average molecular weight is 386 g/mol. The van der Waals surface area contributed by atoms with Crippen LogP contribution in [0.3, 0.4) is 0 Å². The average Bonchev–Trinajstić information content (AvgIpc) is 2.78. The highest BCUT2D eigenvalue weighted by atomic mass is 16.3. The van der Waals surface area contributed by atoms with Gasteiger partial charge in [-0.1, -0.05) is 54.6 Å². The van der Waals surface area contributed by atoms with Crippen LogP contribution in [0.2, 0.25) is 0 Å². The van der Waals surface area contributed by atoms with Crippen molar-refractivity contribution in [3.8, 4) is 0 Å². The molecule has 29 heavy (non-hydrogen) atoms. The maximum Gasteiger partial charge on any atom is 0.131 e. The van der Waals surface area contributed by atoms with Gasteiger partial charge in [0.05, 0.1) is 18.6 Å². The highest BCUT2D eigenvalue weighted by Crippen LogP contribution is 2.47. The fraction of sp³-hybridized carbons (Fsp3) is 0.346. The fourth-order valence-corrected chi connectivity index (χ4v) is 5.91. The van der Waals surface area contributed by atoms with Gasteiger partial charge in [0.25, 0.3) is 0 Å². The van der Waals surface area contributed by atoms with Gasteiger partial charge in [-0.05, 0) is 23.6 Å². The molecular formula is C26H29N2O+. The number of hydrogen-bond acceptors (Lipinski definition) is 2. The molecule has 0 spiro atoms. The van der Waals surface area contributed by atoms with Crippen LogP contribution in [0.15, 0.2) is 79.5 Å². The molecule has 0 unspecified atom stereocenters. The van der Waals surface area contributed by atoms with Crippen LogP contribution in [-0.4, -0.2) is 33.7 Å². The third-order valence-electron chi connectivity index (χ3n) is 7.38. The van der Waals surface area contributed by atoms with Crippen LogP contribution in [-0.2, 0) is 6.54 Å². The molecule has 0 radical (unpaired) electrons. The van der Waals surface area contributed by atoms with Crippen molar-refractivity contribution in [3.05, 3.63) is 90.6 Å². The van der Waals surface area contributed by atoms with Crippen molar-refractivity contribution in [2.75, 3.05) is 13.1 Å². The van der Waals surface area contributed by atoms with Crippen molar-refractivity contribution in [2.24, 2.45) is 11.8 Å². The van der Waals surface area contributed by atoms with Crippen molar-refractivity contribution in [1.82, 2.24) is 4.98 Å². The molecule has 3 aromatic rings. The molecule has 2 aromatic carbocycles. The second kappa shape index (κ2) is 7.40. The second-order valence-electron chi connectivity index (χ2n) is 8.88. The number of pyridine rings is 1. The molecule has 4 heterocycles. The van der Waals surface area contributed by atoms with E-state index < -0.39 is 6.10 Å². The van der Waals surface area contributed by atoms with E-state index >= 15 is 0 Å². The van der Waals surface area contributed by atoms with Crippen LogP contribution >= 0.6 is 0 Å². The summed E-state index contributed by atoms with van der Waals surface area (Å²) in [4.78, 5) is 4.50. The number of piperidine rings is 3. The quantitative estimate of drug-likeness (QED) is 0.502. The minimum atomic E-state index is -0.486. The lowest BCUT2D eigenvalue weighted by Gasteiger charge is -2.58. The summed E-state index contributed by atoms with van der Waals surface area (Å²) in [5, 5.41) is 12.8. The predicted octanol–water partition coefficient (Wildman–Crippen LogP) is 4.88. The van der Waals surface area contributed by atoms with Crippen LogP contribution in [0.4, 0.5) is 0 Å². The molecule has 6 rings (SSSR count). The van der Waals surface area contributed by atoms with E-state index in [4.69, 9.17) is 0 Å². The zero-order chi connectivity index (χ0) is 19.8. The van der Waals surface area contributed by atoms with Crippen molar-refractivity contribution in [1.29, 1.82) is 0 Å². The highest BCUT2D eigenvalue weighted by Gasteiger charge is 2.53. The number of rotatable bonds is 5. The van der Waals surface area contributed by atoms with E-state index in [1.165, 1.54) is 12.0 Å². The Bertz CT molecular complexity index is 1010. The summed E-state index contributed by atoms with van der Waals surface area (Å²) in [6.45, 7) is 7.32. The topological polar surface area (TPSA) is 33.1 Å². The van der Waals surface area contributed by atoms with E-state index in [9.17, 15) is 5.11 Å². The van der Waals surface area contributed by atoms with Crippen LogP contribution in [0.5, 0.6) is 0 Å². The molecule has 0 saturated carbocycles. The lowest BCUT2D eigenvalue weighted by atomic mass is 9.71. The van der Waals surface area contributed by atoms with Gasteiger partial charge in [-0.25, -0.2) is 0 Å². The first-order chi connectivity index (χ1) is 14.2. The number of nitrogens with zero attached hydrogens (tertiary/aromatic N) is 2. The lowest BCUT2D eigenvalue weighted by molar-refractivity contribution is -0.984. The molecule has 3 nitrogen and oxygen atoms in total. The first kappa shape index (κ1) is 18.5. The Kier molecular flexibility index (Phi) is 4.73. The zero-order valence-electron chi connectivity index (χ0n) is 16.8. The molecular weight excluding hydrogens is 356 g/mol. The van der Waals surface area contributed by atoms with Gasteiger partial charge in [0.1, 0.15) is 18.7 Å². The zero-order valence-corrected chi connectivity index (χ0v) is 16.8. The Balaban J connectivity index is 1.56. The molecule has 3 aliphatic rings. The summed E-state index contributed by atoms with van der Waals surface area (Å²) < 4.78 is 0.953. The Morgan fingerprint density at radius 1 is 1.10 bits per heavy atom. The smallest absolute Gasteiger partial charge is 0.131 e. The van der Waals surface area contributed by atoms with Gasteiger partial charge < -0.3 is 9.59 Å². The number of aliphatic hydroxyl groups is 1. The number of quaternary nitrogens is 1. The standard InChI is InChI=1S/C26H29N2O/c1-2-20-18-28(17-19-8-4-3-5-9-19)15-13-21(20)16-25(28)26(29)23-12-14-27-24-11-7-6-10-22(23)24/h2-12,14,20-21,25-26,29H,1,13,15-18H2/q+1/t20-,21+,25+,26-,28+/m1/s1. The number of para-hydroxylation sites is 1. The van der Waals surface area contributed by atoms with Crippen molar-refractivity contribution in [3.63, 3.8) is 0 Å². The third-order valence-corrected chi connectivity index (χ3v) is 7.38. The maximum atomic E-state index is 11.7. The van der Waals surface area contributed by atoms with E-state index in [-0.39, 0.29) is 6.04 Å². The van der Waals surface area contributed by atoms with Gasteiger partial charge in [-0.3, -0.25) is 4.98 Å². The van der Waals surface area contributed by atoms with Crippen molar-refractivity contribution >= 4 is 10.9 Å². The molecule has 3 saturated heterocycles. The first-order valence-electron chi connectivity index (χ1n) is 10.7. The van der Waals surface area contributed by atoms with Gasteiger partial charge in [-0.15, -0.1) is 6.58 Å². The van der Waals surface area contributed by atoms with Crippen LogP contribution < -0.4 is 0 Å². The molecule has 148 valence electrons. The maximum absolute atomic E-state index is 11.7. The van der Waals surface area contributed by atoms with Crippen LogP contribution in [0.25, 0.3) is 10.9 Å². The highest BCUT2D eigenvalue weighted by molar-refractivity contribution is 5.82. The van der Waals surface area contributed by atoms with Gasteiger partial charge >= 0.3 is 0 Å². The SMILES string of the molecule is C=C[C@@H]1C[N@@+]2(Cc3ccccc3)CC[C@H]1C[C@H]2[C@H](O)c1ccnc2ccccc12. The number of hydrogen-bond donors (Lipinski definition) is 1. The normalized spacial score (nSPS) is 29.6. The minimum absolute atomic E-state index is 0.205. The molecule has 1 N–H and O–H groups in total. The van der Waals surface area contributed by atoms with E-state index in [0.29, 0.717) is 11.8 Å². The van der Waals surface area contributed by atoms with Gasteiger partial charge in [-0.2, -0.15) is 0 Å². The van der Waals surface area contributed by atoms with Crippen molar-refractivity contribution in [2.45, 2.75) is 31.5 Å². The van der Waals surface area contributed by atoms with E-state index in [2.05, 4.69) is 54.0 Å². The monoisotopic (exact) mass is 385 g/mol. The summed E-state index contributed by atoms with van der Waals surface area (Å²) in [6, 6.07) is 21.2. The minimum Gasteiger partial charge on any atom is -0.382 e. The largest absolute Gasteiger partial charge is 0.382 e. The van der Waals surface area contributed by atoms with Gasteiger partial charge in [0.15, 0.2) is 0 Å². The molecule has 0 amide bonds. The summed E-state index contributed by atoms with van der Waals surface area (Å²) in [5.41, 5.74) is 3.33. The van der Waals surface area contributed by atoms with Crippen LogP contribution in [0.1, 0.15) is 30.1 Å². The molecule has 0 aliphatic carbocycles. The lowest BCUT2D eigenvalue weighted by Crippen LogP contribution is -2.67. The molecule has 2 bridgehead atoms. The number of fused-ring (bicyclic) bond motifs is 4. The molecule has 3 fully saturated rings. The fourth-order valence-electron chi connectivity index (χ4n) is 5.91. The van der Waals surface area contributed by atoms with E-state index in [0.717, 1.165) is 47.0 Å². The summed E-state index contributed by atoms with van der Waals surface area (Å²) >= 11 is 0. The number of benzene rings is 2. The Morgan fingerprint density at radius 2 is 1.90 bits per heavy atom. The number of aromatic nitrogens is 1. The molecule has 3 heteroatoms. The van der Waals surface area contributed by atoms with Gasteiger partial charge in [0.2, 0.25) is 0 Å². The summed E-state index contributed by atoms with van der Waals surface area (Å²) in [7, 11) is 0. The molecule has 5 atom stereocenters. The predicted molar refractivity (Wildman–Crippen MR) is 117 cm³/mol. The molecule has 1 aromatic heterocycles. The summed E-state index contributed by atoms with van der Waals surface area (Å²) in [6.07, 6.45) is 5.79. The first-order valence-corrected chi connectivity index (χ1v) is 10.7. The van der Waals surface area contributed by atoms with Gasteiger partial charge in [0, 0.05) is 35.9 Å².